The van der Waals surface area contributed by atoms with Crippen LogP contribution in [-0.2, 0) is 6.54 Å². The molecule has 2 aromatic carbocycles. The van der Waals surface area contributed by atoms with Crippen LogP contribution in [0.2, 0.25) is 0 Å². The van der Waals surface area contributed by atoms with Crippen molar-refractivity contribution in [1.82, 2.24) is 10.3 Å². The van der Waals surface area contributed by atoms with Gasteiger partial charge in [0.2, 0.25) is 0 Å². The lowest BCUT2D eigenvalue weighted by Gasteiger charge is -2.06. The molecule has 4 nitrogen and oxygen atoms in total. The molecular formula is C16H14FN3OS. The summed E-state index contributed by atoms with van der Waals surface area (Å²) in [6, 6.07) is 12.2. The number of carbonyl (C=O) groups is 1. The van der Waals surface area contributed by atoms with Crippen LogP contribution in [0.1, 0.15) is 11.1 Å². The van der Waals surface area contributed by atoms with Crippen LogP contribution < -0.4 is 10.6 Å². The molecule has 6 heteroatoms. The topological polar surface area (TPSA) is 54.0 Å². The van der Waals surface area contributed by atoms with Crippen molar-refractivity contribution in [2.24, 2.45) is 0 Å². The maximum atomic E-state index is 13.4. The number of benzene rings is 2. The molecule has 0 aliphatic heterocycles. The molecule has 3 rings (SSSR count). The zero-order chi connectivity index (χ0) is 15.5. The number of hydrogen-bond acceptors (Lipinski definition) is 3. The van der Waals surface area contributed by atoms with E-state index in [9.17, 15) is 9.18 Å². The van der Waals surface area contributed by atoms with E-state index >= 15 is 0 Å². The van der Waals surface area contributed by atoms with E-state index in [1.54, 1.807) is 19.1 Å². The number of hydrogen-bond donors (Lipinski definition) is 2. The molecule has 0 aliphatic rings. The highest BCUT2D eigenvalue weighted by molar-refractivity contribution is 7.22. The molecule has 2 amide bonds. The van der Waals surface area contributed by atoms with Gasteiger partial charge >= 0.3 is 6.03 Å². The third-order valence-electron chi connectivity index (χ3n) is 3.20. The van der Waals surface area contributed by atoms with Gasteiger partial charge in [-0.15, -0.1) is 0 Å². The molecule has 0 aliphatic carbocycles. The van der Waals surface area contributed by atoms with Gasteiger partial charge < -0.3 is 5.32 Å². The van der Waals surface area contributed by atoms with Crippen molar-refractivity contribution in [3.05, 3.63) is 59.4 Å². The average molecular weight is 315 g/mol. The van der Waals surface area contributed by atoms with E-state index < -0.39 is 0 Å². The fraction of sp³-hybridized carbons (Fsp3) is 0.125. The second kappa shape index (κ2) is 6.11. The zero-order valence-electron chi connectivity index (χ0n) is 11.9. The summed E-state index contributed by atoms with van der Waals surface area (Å²) in [7, 11) is 0. The minimum atomic E-state index is -0.361. The molecule has 0 fully saturated rings. The van der Waals surface area contributed by atoms with Gasteiger partial charge in [0.25, 0.3) is 0 Å². The van der Waals surface area contributed by atoms with Gasteiger partial charge in [0.15, 0.2) is 5.13 Å². The third-order valence-corrected chi connectivity index (χ3v) is 4.16. The predicted molar refractivity (Wildman–Crippen MR) is 86.6 cm³/mol. The van der Waals surface area contributed by atoms with Crippen LogP contribution in [-0.4, -0.2) is 11.0 Å². The van der Waals surface area contributed by atoms with Gasteiger partial charge in [0.1, 0.15) is 5.82 Å². The first kappa shape index (κ1) is 14.5. The SMILES string of the molecule is Cc1ccc(CNC(=O)Nc2nc3ccccc3s2)cc1F. The van der Waals surface area contributed by atoms with E-state index in [0.29, 0.717) is 16.3 Å². The monoisotopic (exact) mass is 315 g/mol. The molecule has 22 heavy (non-hydrogen) atoms. The Morgan fingerprint density at radius 1 is 1.27 bits per heavy atom. The minimum Gasteiger partial charge on any atom is -0.334 e. The van der Waals surface area contributed by atoms with Crippen molar-refractivity contribution >= 4 is 32.7 Å². The summed E-state index contributed by atoms with van der Waals surface area (Å²) in [6.07, 6.45) is 0. The number of aryl methyl sites for hydroxylation is 1. The van der Waals surface area contributed by atoms with Gasteiger partial charge in [-0.05, 0) is 36.2 Å². The quantitative estimate of drug-likeness (QED) is 0.765. The highest BCUT2D eigenvalue weighted by Gasteiger charge is 2.07. The summed E-state index contributed by atoms with van der Waals surface area (Å²) < 4.78 is 14.4. The smallest absolute Gasteiger partial charge is 0.321 e. The van der Waals surface area contributed by atoms with Gasteiger partial charge in [0, 0.05) is 6.54 Å². The van der Waals surface area contributed by atoms with Crippen molar-refractivity contribution in [2.75, 3.05) is 5.32 Å². The molecule has 0 unspecified atom stereocenters. The number of carbonyl (C=O) groups excluding carboxylic acids is 1. The Morgan fingerprint density at radius 2 is 2.09 bits per heavy atom. The molecule has 0 bridgehead atoms. The molecule has 0 saturated carbocycles. The molecule has 1 aromatic heterocycles. The van der Waals surface area contributed by atoms with E-state index in [1.807, 2.05) is 24.3 Å². The van der Waals surface area contributed by atoms with E-state index in [-0.39, 0.29) is 18.4 Å². The summed E-state index contributed by atoms with van der Waals surface area (Å²) in [4.78, 5) is 16.2. The number of nitrogens with one attached hydrogen (secondary N) is 2. The summed E-state index contributed by atoms with van der Waals surface area (Å²) >= 11 is 1.41. The van der Waals surface area contributed by atoms with Gasteiger partial charge in [-0.3, -0.25) is 5.32 Å². The van der Waals surface area contributed by atoms with Gasteiger partial charge in [-0.25, -0.2) is 14.2 Å². The van der Waals surface area contributed by atoms with Crippen LogP contribution in [0.15, 0.2) is 42.5 Å². The van der Waals surface area contributed by atoms with Gasteiger partial charge in [-0.1, -0.05) is 35.6 Å². The number of anilines is 1. The second-order valence-corrected chi connectivity index (χ2v) is 5.91. The van der Waals surface area contributed by atoms with Crippen molar-refractivity contribution in [2.45, 2.75) is 13.5 Å². The standard InChI is InChI=1S/C16H14FN3OS/c1-10-6-7-11(8-12(10)17)9-18-15(21)20-16-19-13-4-2-3-5-14(13)22-16/h2-8H,9H2,1H3,(H2,18,19,20,21). The minimum absolute atomic E-state index is 0.258. The first-order chi connectivity index (χ1) is 10.6. The van der Waals surface area contributed by atoms with E-state index in [4.69, 9.17) is 0 Å². The van der Waals surface area contributed by atoms with Crippen LogP contribution >= 0.6 is 11.3 Å². The summed E-state index contributed by atoms with van der Waals surface area (Å²) in [5.41, 5.74) is 2.15. The van der Waals surface area contributed by atoms with E-state index in [2.05, 4.69) is 15.6 Å². The molecule has 2 N–H and O–H groups in total. The summed E-state index contributed by atoms with van der Waals surface area (Å²) in [5.74, 6) is -0.272. The Bertz CT molecular complexity index is 798. The molecule has 3 aromatic rings. The first-order valence-corrected chi connectivity index (χ1v) is 7.59. The van der Waals surface area contributed by atoms with Crippen LogP contribution in [0.25, 0.3) is 10.2 Å². The highest BCUT2D eigenvalue weighted by Crippen LogP contribution is 2.25. The Kier molecular flexibility index (Phi) is 4.02. The van der Waals surface area contributed by atoms with Gasteiger partial charge in [-0.2, -0.15) is 0 Å². The normalized spacial score (nSPS) is 10.6. The van der Waals surface area contributed by atoms with Crippen molar-refractivity contribution in [1.29, 1.82) is 0 Å². The highest BCUT2D eigenvalue weighted by atomic mass is 32.1. The van der Waals surface area contributed by atoms with Crippen molar-refractivity contribution in [3.8, 4) is 0 Å². The Morgan fingerprint density at radius 3 is 2.86 bits per heavy atom. The predicted octanol–water partition coefficient (Wildman–Crippen LogP) is 4.07. The van der Waals surface area contributed by atoms with Crippen LogP contribution in [0, 0.1) is 12.7 Å². The summed E-state index contributed by atoms with van der Waals surface area (Å²) in [5, 5.41) is 5.92. The number of urea groups is 1. The molecule has 0 radical (unpaired) electrons. The van der Waals surface area contributed by atoms with Crippen LogP contribution in [0.4, 0.5) is 14.3 Å². The fourth-order valence-electron chi connectivity index (χ4n) is 2.00. The van der Waals surface area contributed by atoms with E-state index in [1.165, 1.54) is 17.4 Å². The lowest BCUT2D eigenvalue weighted by atomic mass is 10.1. The first-order valence-electron chi connectivity index (χ1n) is 6.77. The van der Waals surface area contributed by atoms with Crippen LogP contribution in [0.5, 0.6) is 0 Å². The van der Waals surface area contributed by atoms with Gasteiger partial charge in [0.05, 0.1) is 10.2 Å². The number of nitrogens with zero attached hydrogens (tertiary/aromatic N) is 1. The van der Waals surface area contributed by atoms with Crippen molar-refractivity contribution in [3.63, 3.8) is 0 Å². The molecular weight excluding hydrogens is 301 g/mol. The maximum Gasteiger partial charge on any atom is 0.321 e. The molecule has 1 heterocycles. The average Bonchev–Trinajstić information content (AvgIpc) is 2.90. The second-order valence-electron chi connectivity index (χ2n) is 4.88. The number of amides is 2. The Hall–Kier alpha value is -2.47. The maximum absolute atomic E-state index is 13.4. The molecule has 0 saturated heterocycles. The number of rotatable bonds is 3. The lowest BCUT2D eigenvalue weighted by Crippen LogP contribution is -2.28. The molecule has 0 atom stereocenters. The number of thiazole rings is 1. The van der Waals surface area contributed by atoms with Crippen molar-refractivity contribution < 1.29 is 9.18 Å². The zero-order valence-corrected chi connectivity index (χ0v) is 12.7. The Labute approximate surface area is 131 Å². The Balaban J connectivity index is 1.61. The third kappa shape index (κ3) is 3.23. The number of aromatic nitrogens is 1. The summed E-state index contributed by atoms with van der Waals surface area (Å²) in [6.45, 7) is 1.96. The lowest BCUT2D eigenvalue weighted by molar-refractivity contribution is 0.251. The number of para-hydroxylation sites is 1. The largest absolute Gasteiger partial charge is 0.334 e. The number of fused-ring (bicyclic) bond motifs is 1. The van der Waals surface area contributed by atoms with E-state index in [0.717, 1.165) is 10.2 Å². The number of halogens is 1. The van der Waals surface area contributed by atoms with Crippen LogP contribution in [0.3, 0.4) is 0 Å². The molecule has 0 spiro atoms. The molecule has 112 valence electrons. The fourth-order valence-corrected chi connectivity index (χ4v) is 2.86.